The van der Waals surface area contributed by atoms with Gasteiger partial charge in [-0.25, -0.2) is 21.0 Å². The van der Waals surface area contributed by atoms with Gasteiger partial charge in [-0.1, -0.05) is 134 Å². The SMILES string of the molecule is COc1ccc(C(C)(C)c2ccc(OS(=O)(F)=Nc3ccc(S(=O)(=O)c4ccc(N=S(C)(=O)F)cc4)cc3)cc2)cc1.Cc1ccc(C(C)(C)c2ccc(O[Si](C)(C)C(C)(C)C)cc2)cc1.O=S(=O)(c1ccc(N=S(=O)(F)F)cc1)c1ccc(N=S(=O)(F)F)cc1. The molecule has 8 aromatic carbocycles. The summed E-state index contributed by atoms with van der Waals surface area (Å²) in [6, 6.07) is 48.9. The Labute approximate surface area is 533 Å². The minimum atomic E-state index is -5.37. The molecule has 0 aliphatic carbocycles. The van der Waals surface area contributed by atoms with E-state index in [9.17, 15) is 57.0 Å². The number of hydrogen-bond donors (Lipinski definition) is 0. The van der Waals surface area contributed by atoms with Crippen molar-refractivity contribution < 1.29 is 70.3 Å². The topological polar surface area (TPSA) is 214 Å². The molecule has 488 valence electrons. The molecule has 15 nitrogen and oxygen atoms in total. The maximum absolute atomic E-state index is 14.8. The van der Waals surface area contributed by atoms with Crippen LogP contribution in [0.3, 0.4) is 0 Å². The summed E-state index contributed by atoms with van der Waals surface area (Å²) in [4.78, 5) is -0.818. The third kappa shape index (κ3) is 20.6. The van der Waals surface area contributed by atoms with Crippen LogP contribution in [0.15, 0.2) is 231 Å². The summed E-state index contributed by atoms with van der Waals surface area (Å²) in [6.45, 7) is 22.1. The average Bonchev–Trinajstić information content (AvgIpc) is 0.891. The number of methoxy groups -OCH3 is 1. The summed E-state index contributed by atoms with van der Waals surface area (Å²) in [7, 11) is -27.5. The Morgan fingerprint density at radius 3 is 0.934 bits per heavy atom. The second kappa shape index (κ2) is 28.3. The minimum absolute atomic E-state index is 0.00145. The smallest absolute Gasteiger partial charge is 0.382 e. The van der Waals surface area contributed by atoms with E-state index in [1.54, 1.807) is 19.2 Å². The van der Waals surface area contributed by atoms with E-state index >= 15 is 0 Å². The quantitative estimate of drug-likeness (QED) is 0.0475. The van der Waals surface area contributed by atoms with Gasteiger partial charge in [0.1, 0.15) is 17.2 Å². The molecule has 0 amide bonds. The van der Waals surface area contributed by atoms with E-state index in [4.69, 9.17) is 13.3 Å². The van der Waals surface area contributed by atoms with Crippen LogP contribution in [0.4, 0.5) is 46.1 Å². The fourth-order valence-corrected chi connectivity index (χ4v) is 13.9. The second-order valence-electron chi connectivity index (χ2n) is 23.1. The zero-order valence-corrected chi connectivity index (χ0v) is 57.4. The third-order valence-corrected chi connectivity index (χ3v) is 24.7. The normalized spacial score (nSPS) is 13.7. The van der Waals surface area contributed by atoms with Crippen LogP contribution < -0.4 is 13.3 Å². The first kappa shape index (κ1) is 72.7. The van der Waals surface area contributed by atoms with Gasteiger partial charge in [0, 0.05) is 17.1 Å². The van der Waals surface area contributed by atoms with Gasteiger partial charge in [-0.15, -0.1) is 17.0 Å². The van der Waals surface area contributed by atoms with Crippen molar-refractivity contribution in [1.82, 2.24) is 0 Å². The van der Waals surface area contributed by atoms with Crippen molar-refractivity contribution in [3.8, 4) is 17.2 Å². The van der Waals surface area contributed by atoms with Gasteiger partial charge in [0.15, 0.2) is 0 Å². The van der Waals surface area contributed by atoms with Crippen molar-refractivity contribution in [1.29, 1.82) is 0 Å². The van der Waals surface area contributed by atoms with Gasteiger partial charge in [-0.3, -0.25) is 0 Å². The van der Waals surface area contributed by atoms with Gasteiger partial charge in [-0.05, 0) is 181 Å². The number of hydrogen-bond acceptors (Lipinski definition) is 15. The molecule has 8 rings (SSSR count). The standard InChI is InChI=1S/C29H28F2N2O6S3.C22H32OSi.C12H8F4N2O4S3/c1-29(2,21-5-13-25(38-3)14-6-21)22-7-15-26(16-8-22)39-42(31,37)33-24-11-19-28(20-12-24)41(35,36)27-17-9-23(10-18-27)32-40(4,30)34;1-17-9-11-18(12-10-17)22(5,6)19-13-15-20(16-14-19)23-24(7,8)21(2,3)4;13-24(14,21)17-9-1-5-11(6-2-9)23(19,20)12-7-3-10(4-8-12)18-25(15,16)22/h5-20H,1-4H3;9-16H,1-8H3;1-8H. The predicted molar refractivity (Wildman–Crippen MR) is 350 cm³/mol. The fourth-order valence-electron chi connectivity index (χ4n) is 8.34. The van der Waals surface area contributed by atoms with Crippen molar-refractivity contribution in [2.75, 3.05) is 13.4 Å². The summed E-state index contributed by atoms with van der Waals surface area (Å²) < 4.78 is 201. The van der Waals surface area contributed by atoms with Crippen LogP contribution >= 0.6 is 0 Å². The molecule has 0 heterocycles. The minimum Gasteiger partial charge on any atom is -0.544 e. The van der Waals surface area contributed by atoms with Crippen LogP contribution in [-0.4, -0.2) is 55.4 Å². The van der Waals surface area contributed by atoms with E-state index in [1.807, 2.05) is 38.1 Å². The number of benzene rings is 8. The van der Waals surface area contributed by atoms with Crippen molar-refractivity contribution in [3.63, 3.8) is 0 Å². The lowest BCUT2D eigenvalue weighted by Crippen LogP contribution is -2.43. The Bertz CT molecular complexity index is 4530. The van der Waals surface area contributed by atoms with Gasteiger partial charge >= 0.3 is 31.4 Å². The molecule has 0 spiro atoms. The number of halogens is 6. The van der Waals surface area contributed by atoms with Crippen molar-refractivity contribution in [2.45, 2.75) is 104 Å². The lowest BCUT2D eigenvalue weighted by Gasteiger charge is -2.36. The molecule has 2 atom stereocenters. The molecule has 2 unspecified atom stereocenters. The largest absolute Gasteiger partial charge is 0.544 e. The summed E-state index contributed by atoms with van der Waals surface area (Å²) in [5, 5.41) is 0.215. The molecule has 0 aromatic heterocycles. The van der Waals surface area contributed by atoms with Crippen LogP contribution in [0.5, 0.6) is 17.2 Å². The Hall–Kier alpha value is -7.34. The van der Waals surface area contributed by atoms with E-state index < -0.39 is 69.5 Å². The van der Waals surface area contributed by atoms with Crippen molar-refractivity contribution in [2.24, 2.45) is 17.5 Å². The first-order valence-electron chi connectivity index (χ1n) is 27.3. The van der Waals surface area contributed by atoms with Gasteiger partial charge in [-0.2, -0.15) is 17.0 Å². The van der Waals surface area contributed by atoms with Crippen LogP contribution in [0.25, 0.3) is 0 Å². The number of aryl methyl sites for hydroxylation is 1. The molecular formula is C63H68F6N4O11S6Si. The second-order valence-corrected chi connectivity index (χ2v) is 36.5. The van der Waals surface area contributed by atoms with Gasteiger partial charge in [0.05, 0.1) is 49.4 Å². The predicted octanol–water partition coefficient (Wildman–Crippen LogP) is 18.4. The van der Waals surface area contributed by atoms with Crippen LogP contribution in [0, 0.1) is 6.92 Å². The molecule has 0 saturated carbocycles. The molecule has 0 aliphatic heterocycles. The van der Waals surface area contributed by atoms with E-state index in [0.29, 0.717) is 0 Å². The van der Waals surface area contributed by atoms with Crippen molar-refractivity contribution >= 4 is 92.3 Å². The van der Waals surface area contributed by atoms with Gasteiger partial charge < -0.3 is 13.3 Å². The molecule has 28 heteroatoms. The zero-order chi connectivity index (χ0) is 67.8. The maximum atomic E-state index is 14.8. The Kier molecular flexibility index (Phi) is 22.6. The third-order valence-electron chi connectivity index (χ3n) is 14.6. The van der Waals surface area contributed by atoms with E-state index in [-0.39, 0.29) is 63.9 Å². The molecule has 0 saturated heterocycles. The molecule has 0 bridgehead atoms. The maximum Gasteiger partial charge on any atom is 0.382 e. The molecule has 0 radical (unpaired) electrons. The highest BCUT2D eigenvalue weighted by Gasteiger charge is 2.39. The number of nitrogens with zero attached hydrogens (tertiary/aromatic N) is 4. The van der Waals surface area contributed by atoms with Crippen LogP contribution in [0.1, 0.15) is 76.3 Å². The van der Waals surface area contributed by atoms with E-state index in [1.165, 1.54) is 77.4 Å². The number of ether oxygens (including phenoxy) is 1. The number of sulfone groups is 2. The summed E-state index contributed by atoms with van der Waals surface area (Å²) >= 11 is 0. The first-order chi connectivity index (χ1) is 41.9. The zero-order valence-electron chi connectivity index (χ0n) is 51.5. The van der Waals surface area contributed by atoms with Crippen molar-refractivity contribution in [3.05, 3.63) is 222 Å². The highest BCUT2D eigenvalue weighted by atomic mass is 32.3. The van der Waals surface area contributed by atoms with Crippen LogP contribution in [-0.2, 0) is 72.0 Å². The Morgan fingerprint density at radius 1 is 0.374 bits per heavy atom. The van der Waals surface area contributed by atoms with E-state index in [2.05, 4.69) is 121 Å². The molecule has 0 N–H and O–H groups in total. The molecular weight excluding hydrogens is 1320 g/mol. The molecule has 8 aromatic rings. The molecule has 91 heavy (non-hydrogen) atoms. The first-order valence-corrected chi connectivity index (χ1v) is 39.0. The van der Waals surface area contributed by atoms with Gasteiger partial charge in [0.2, 0.25) is 38.1 Å². The summed E-state index contributed by atoms with van der Waals surface area (Å²) in [5.41, 5.74) is 4.67. The molecule has 0 fully saturated rings. The Balaban J connectivity index is 0.000000231. The highest BCUT2D eigenvalue weighted by Crippen LogP contribution is 2.40. The lowest BCUT2D eigenvalue weighted by atomic mass is 9.78. The fraction of sp³-hybridized carbons (Fsp3) is 0.238. The van der Waals surface area contributed by atoms with Crippen LogP contribution in [0.2, 0.25) is 18.1 Å². The molecule has 0 aliphatic rings. The van der Waals surface area contributed by atoms with E-state index in [0.717, 1.165) is 77.4 Å². The summed E-state index contributed by atoms with van der Waals surface area (Å²) in [6.07, 6.45) is 0.812. The number of rotatable bonds is 17. The Morgan fingerprint density at radius 2 is 0.648 bits per heavy atom. The average molecular weight is 1390 g/mol. The lowest BCUT2D eigenvalue weighted by molar-refractivity contribution is 0.414. The monoisotopic (exact) mass is 1390 g/mol. The highest BCUT2D eigenvalue weighted by molar-refractivity contribution is 7.92. The van der Waals surface area contributed by atoms with Gasteiger partial charge in [0.25, 0.3) is 0 Å². The summed E-state index contributed by atoms with van der Waals surface area (Å²) in [5.74, 6) is 1.73.